The molecule has 8 heteroatoms. The number of halogens is 3. The Bertz CT molecular complexity index is 672. The fourth-order valence-corrected chi connectivity index (χ4v) is 2.16. The molecule has 0 spiro atoms. The summed E-state index contributed by atoms with van der Waals surface area (Å²) in [4.78, 5) is 0. The quantitative estimate of drug-likeness (QED) is 0.674. The maximum absolute atomic E-state index is 12.6. The molecule has 0 radical (unpaired) electrons. The first-order valence-corrected chi connectivity index (χ1v) is 6.78. The highest BCUT2D eigenvalue weighted by atomic mass is 32.2. The van der Waals surface area contributed by atoms with E-state index in [4.69, 9.17) is 5.73 Å². The first kappa shape index (κ1) is 15.3. The number of nitrogen functional groups attached to an aromatic ring is 1. The summed E-state index contributed by atoms with van der Waals surface area (Å²) >= 11 is -2.43. The Balaban J connectivity index is 2.30. The van der Waals surface area contributed by atoms with Gasteiger partial charge in [-0.25, -0.2) is 0 Å². The molecule has 21 heavy (non-hydrogen) atoms. The monoisotopic (exact) mass is 315 g/mol. The number of nitrogens with one attached hydrogen (secondary N) is 1. The van der Waals surface area contributed by atoms with Gasteiger partial charge in [0.1, 0.15) is 0 Å². The predicted octanol–water partition coefficient (Wildman–Crippen LogP) is 3.16. The lowest BCUT2D eigenvalue weighted by Gasteiger charge is -2.12. The number of nitrogens with two attached hydrogens (primary N) is 1. The summed E-state index contributed by atoms with van der Waals surface area (Å²) in [5.74, 6) is 0. The van der Waals surface area contributed by atoms with Crippen LogP contribution in [0, 0.1) is 0 Å². The molecule has 2 aromatic carbocycles. The van der Waals surface area contributed by atoms with Gasteiger partial charge in [-0.1, -0.05) is 18.2 Å². The molecule has 0 amide bonds. The van der Waals surface area contributed by atoms with Crippen molar-refractivity contribution in [2.24, 2.45) is 0 Å². The molecule has 2 aromatic rings. The lowest BCUT2D eigenvalue weighted by molar-refractivity contribution is -0.136. The molecule has 0 aliphatic heterocycles. The average molecular weight is 315 g/mol. The van der Waals surface area contributed by atoms with Gasteiger partial charge in [-0.15, -0.1) is 0 Å². The Kier molecular flexibility index (Phi) is 4.19. The van der Waals surface area contributed by atoms with Crippen molar-refractivity contribution in [1.82, 2.24) is 0 Å². The van der Waals surface area contributed by atoms with Crippen molar-refractivity contribution < 1.29 is 21.9 Å². The maximum Gasteiger partial charge on any atom is 0.418 e. The minimum absolute atomic E-state index is 0.354. The molecule has 0 saturated heterocycles. The van der Waals surface area contributed by atoms with Gasteiger partial charge in [-0.05, 0) is 35.4 Å². The zero-order valence-corrected chi connectivity index (χ0v) is 11.3. The molecular weight excluding hydrogens is 305 g/mol. The SMILES string of the molecule is Nc1cc(-c2ccc(NS(=O)[O-])cc2)ccc1C(F)(F)F. The number of hydrogen-bond donors (Lipinski definition) is 2. The van der Waals surface area contributed by atoms with E-state index in [1.54, 1.807) is 12.1 Å². The van der Waals surface area contributed by atoms with Crippen LogP contribution in [0.15, 0.2) is 42.5 Å². The van der Waals surface area contributed by atoms with Crippen LogP contribution in [-0.2, 0) is 17.4 Å². The molecule has 0 heterocycles. The summed E-state index contributed by atoms with van der Waals surface area (Å²) in [5.41, 5.74) is 5.67. The third-order valence-corrected chi connectivity index (χ3v) is 3.18. The average Bonchev–Trinajstić information content (AvgIpc) is 2.37. The normalized spacial score (nSPS) is 13.0. The van der Waals surface area contributed by atoms with Gasteiger partial charge >= 0.3 is 6.18 Å². The maximum atomic E-state index is 12.6. The van der Waals surface area contributed by atoms with Crippen molar-refractivity contribution in [3.8, 4) is 11.1 Å². The van der Waals surface area contributed by atoms with Crippen molar-refractivity contribution in [3.63, 3.8) is 0 Å². The summed E-state index contributed by atoms with van der Waals surface area (Å²) < 4.78 is 60.9. The van der Waals surface area contributed by atoms with Crippen LogP contribution in [-0.4, -0.2) is 8.76 Å². The number of benzene rings is 2. The number of rotatable bonds is 3. The number of hydrogen-bond acceptors (Lipinski definition) is 3. The lowest BCUT2D eigenvalue weighted by atomic mass is 10.0. The van der Waals surface area contributed by atoms with E-state index in [0.29, 0.717) is 16.8 Å². The van der Waals surface area contributed by atoms with E-state index in [-0.39, 0.29) is 5.69 Å². The van der Waals surface area contributed by atoms with Crippen molar-refractivity contribution in [2.75, 3.05) is 10.5 Å². The molecule has 0 fully saturated rings. The Labute approximate surface area is 121 Å². The second-order valence-corrected chi connectivity index (χ2v) is 4.89. The fourth-order valence-electron chi connectivity index (χ4n) is 1.83. The van der Waals surface area contributed by atoms with Crippen LogP contribution in [0.4, 0.5) is 24.5 Å². The van der Waals surface area contributed by atoms with E-state index in [2.05, 4.69) is 4.72 Å². The summed E-state index contributed by atoms with van der Waals surface area (Å²) in [6.45, 7) is 0. The molecule has 0 aromatic heterocycles. The second-order valence-electron chi connectivity index (χ2n) is 4.21. The highest BCUT2D eigenvalue weighted by molar-refractivity contribution is 7.80. The van der Waals surface area contributed by atoms with Crippen LogP contribution < -0.4 is 10.5 Å². The van der Waals surface area contributed by atoms with Crippen LogP contribution in [0.2, 0.25) is 0 Å². The molecule has 0 bridgehead atoms. The van der Waals surface area contributed by atoms with Crippen LogP contribution in [0.5, 0.6) is 0 Å². The third-order valence-electron chi connectivity index (χ3n) is 2.78. The zero-order valence-electron chi connectivity index (χ0n) is 10.5. The minimum Gasteiger partial charge on any atom is -0.755 e. The molecule has 1 atom stereocenters. The topological polar surface area (TPSA) is 78.2 Å². The summed E-state index contributed by atoms with van der Waals surface area (Å²) in [6.07, 6.45) is -4.49. The Hall–Kier alpha value is -2.06. The molecule has 112 valence electrons. The molecule has 4 nitrogen and oxygen atoms in total. The first-order valence-electron chi connectivity index (χ1n) is 5.70. The van der Waals surface area contributed by atoms with Crippen LogP contribution in [0.25, 0.3) is 11.1 Å². The van der Waals surface area contributed by atoms with E-state index >= 15 is 0 Å². The standard InChI is InChI=1S/C13H11F3N2O2S/c14-13(15,16)11-6-3-9(7-12(11)17)8-1-4-10(5-2-8)18-21(19)20/h1-7,18H,17H2,(H,19,20)/p-1. The first-order chi connectivity index (χ1) is 9.77. The van der Waals surface area contributed by atoms with Gasteiger partial charge in [-0.2, -0.15) is 13.2 Å². The minimum atomic E-state index is -4.49. The lowest BCUT2D eigenvalue weighted by Crippen LogP contribution is -2.08. The van der Waals surface area contributed by atoms with Gasteiger partial charge in [-0.3, -0.25) is 4.21 Å². The smallest absolute Gasteiger partial charge is 0.418 e. The molecule has 0 saturated carbocycles. The van der Waals surface area contributed by atoms with Gasteiger partial charge in [0.25, 0.3) is 0 Å². The predicted molar refractivity (Wildman–Crippen MR) is 73.8 cm³/mol. The fraction of sp³-hybridized carbons (Fsp3) is 0.0769. The number of anilines is 2. The molecule has 3 N–H and O–H groups in total. The number of alkyl halides is 3. The highest BCUT2D eigenvalue weighted by Gasteiger charge is 2.32. The van der Waals surface area contributed by atoms with Crippen molar-refractivity contribution in [2.45, 2.75) is 6.18 Å². The van der Waals surface area contributed by atoms with E-state index < -0.39 is 23.0 Å². The van der Waals surface area contributed by atoms with Crippen LogP contribution in [0.1, 0.15) is 5.56 Å². The molecule has 1 unspecified atom stereocenters. The molecular formula is C13H10F3N2O2S-. The van der Waals surface area contributed by atoms with E-state index in [9.17, 15) is 21.9 Å². The Morgan fingerprint density at radius 2 is 1.62 bits per heavy atom. The highest BCUT2D eigenvalue weighted by Crippen LogP contribution is 2.35. The van der Waals surface area contributed by atoms with Crippen molar-refractivity contribution >= 4 is 22.6 Å². The largest absolute Gasteiger partial charge is 0.755 e. The van der Waals surface area contributed by atoms with Crippen LogP contribution >= 0.6 is 0 Å². The summed E-state index contributed by atoms with van der Waals surface area (Å²) in [6, 6.07) is 9.63. The third kappa shape index (κ3) is 3.73. The van der Waals surface area contributed by atoms with Crippen LogP contribution in [0.3, 0.4) is 0 Å². The van der Waals surface area contributed by atoms with Crippen molar-refractivity contribution in [3.05, 3.63) is 48.0 Å². The Morgan fingerprint density at radius 3 is 2.10 bits per heavy atom. The van der Waals surface area contributed by atoms with Gasteiger partial charge < -0.3 is 15.0 Å². The zero-order chi connectivity index (χ0) is 15.6. The summed E-state index contributed by atoms with van der Waals surface area (Å²) in [5, 5.41) is 0. The Morgan fingerprint density at radius 1 is 1.05 bits per heavy atom. The van der Waals surface area contributed by atoms with E-state index in [1.807, 2.05) is 0 Å². The van der Waals surface area contributed by atoms with Gasteiger partial charge in [0.2, 0.25) is 0 Å². The van der Waals surface area contributed by atoms with E-state index in [0.717, 1.165) is 6.07 Å². The van der Waals surface area contributed by atoms with Gasteiger partial charge in [0, 0.05) is 22.6 Å². The van der Waals surface area contributed by atoms with Crippen molar-refractivity contribution in [1.29, 1.82) is 0 Å². The molecule has 0 aliphatic carbocycles. The summed E-state index contributed by atoms with van der Waals surface area (Å²) in [7, 11) is 0. The van der Waals surface area contributed by atoms with E-state index in [1.165, 1.54) is 24.3 Å². The second kappa shape index (κ2) is 5.74. The molecule has 2 rings (SSSR count). The van der Waals surface area contributed by atoms with Gasteiger partial charge in [0.05, 0.1) is 5.56 Å². The molecule has 0 aliphatic rings. The van der Waals surface area contributed by atoms with Gasteiger partial charge in [0.15, 0.2) is 0 Å².